The van der Waals surface area contributed by atoms with E-state index in [1.807, 2.05) is 12.1 Å². The molecule has 3 amide bonds. The summed E-state index contributed by atoms with van der Waals surface area (Å²) in [5.74, 6) is -0.173. The third-order valence-corrected chi connectivity index (χ3v) is 3.03. The van der Waals surface area contributed by atoms with Crippen molar-refractivity contribution in [3.8, 4) is 0 Å². The number of aryl methyl sites for hydroxylation is 1. The van der Waals surface area contributed by atoms with E-state index in [1.165, 1.54) is 5.56 Å². The molecule has 0 aliphatic heterocycles. The van der Waals surface area contributed by atoms with Gasteiger partial charge in [0, 0.05) is 16.9 Å². The summed E-state index contributed by atoms with van der Waals surface area (Å²) in [6.45, 7) is 2.07. The first kappa shape index (κ1) is 14.6. The molecular formula is C16H17N3O2. The summed E-state index contributed by atoms with van der Waals surface area (Å²) in [6.07, 6.45) is 0.941. The minimum absolute atomic E-state index is 0.173. The fraction of sp³-hybridized carbons (Fsp3) is 0.125. The van der Waals surface area contributed by atoms with Gasteiger partial charge in [0.25, 0.3) is 5.91 Å². The molecule has 108 valence electrons. The van der Waals surface area contributed by atoms with Crippen molar-refractivity contribution >= 4 is 23.3 Å². The Balaban J connectivity index is 2.03. The van der Waals surface area contributed by atoms with E-state index in [1.54, 1.807) is 36.4 Å². The van der Waals surface area contributed by atoms with Gasteiger partial charge in [0.15, 0.2) is 0 Å². The lowest BCUT2D eigenvalue weighted by Crippen LogP contribution is -2.19. The number of hydrogen-bond donors (Lipinski definition) is 3. The van der Waals surface area contributed by atoms with Crippen LogP contribution in [-0.2, 0) is 6.42 Å². The van der Waals surface area contributed by atoms with Crippen molar-refractivity contribution in [3.05, 3.63) is 59.7 Å². The van der Waals surface area contributed by atoms with E-state index in [0.29, 0.717) is 16.9 Å². The zero-order valence-corrected chi connectivity index (χ0v) is 11.7. The summed E-state index contributed by atoms with van der Waals surface area (Å²) in [5.41, 5.74) is 8.04. The van der Waals surface area contributed by atoms with Gasteiger partial charge >= 0.3 is 6.03 Å². The molecule has 0 saturated heterocycles. The molecule has 0 bridgehead atoms. The first-order chi connectivity index (χ1) is 10.1. The number of primary amides is 1. The van der Waals surface area contributed by atoms with Crippen LogP contribution < -0.4 is 16.4 Å². The molecule has 0 spiro atoms. The van der Waals surface area contributed by atoms with Gasteiger partial charge in [-0.25, -0.2) is 4.79 Å². The molecule has 21 heavy (non-hydrogen) atoms. The third-order valence-electron chi connectivity index (χ3n) is 3.03. The van der Waals surface area contributed by atoms with E-state index in [0.717, 1.165) is 6.42 Å². The second-order valence-electron chi connectivity index (χ2n) is 4.57. The molecule has 0 aliphatic carbocycles. The molecule has 2 rings (SSSR count). The van der Waals surface area contributed by atoms with Crippen LogP contribution in [0.1, 0.15) is 22.8 Å². The second-order valence-corrected chi connectivity index (χ2v) is 4.57. The molecular weight excluding hydrogens is 266 g/mol. The summed E-state index contributed by atoms with van der Waals surface area (Å²) in [5, 5.41) is 5.25. The Kier molecular flexibility index (Phi) is 4.56. The van der Waals surface area contributed by atoms with E-state index in [2.05, 4.69) is 17.6 Å². The van der Waals surface area contributed by atoms with Gasteiger partial charge in [-0.05, 0) is 48.4 Å². The highest BCUT2D eigenvalue weighted by Gasteiger charge is 2.06. The van der Waals surface area contributed by atoms with Crippen LogP contribution in [0.4, 0.5) is 16.2 Å². The van der Waals surface area contributed by atoms with Crippen molar-refractivity contribution in [1.29, 1.82) is 0 Å². The highest BCUT2D eigenvalue weighted by molar-refractivity contribution is 6.04. The first-order valence-electron chi connectivity index (χ1n) is 6.65. The smallest absolute Gasteiger partial charge is 0.316 e. The van der Waals surface area contributed by atoms with Gasteiger partial charge < -0.3 is 16.4 Å². The van der Waals surface area contributed by atoms with Gasteiger partial charge in [-0.2, -0.15) is 0 Å². The number of nitrogens with two attached hydrogens (primary N) is 1. The molecule has 0 aromatic heterocycles. The molecule has 0 radical (unpaired) electrons. The van der Waals surface area contributed by atoms with Crippen LogP contribution in [0.5, 0.6) is 0 Å². The summed E-state index contributed by atoms with van der Waals surface area (Å²) in [6, 6.07) is 13.6. The lowest BCUT2D eigenvalue weighted by molar-refractivity contribution is 0.102. The highest BCUT2D eigenvalue weighted by atomic mass is 16.2. The average molecular weight is 283 g/mol. The number of carbonyl (C=O) groups excluding carboxylic acids is 2. The second kappa shape index (κ2) is 6.56. The Labute approximate surface area is 123 Å². The monoisotopic (exact) mass is 283 g/mol. The Morgan fingerprint density at radius 2 is 1.43 bits per heavy atom. The topological polar surface area (TPSA) is 84.2 Å². The van der Waals surface area contributed by atoms with E-state index < -0.39 is 6.03 Å². The molecule has 0 aliphatic rings. The van der Waals surface area contributed by atoms with E-state index in [-0.39, 0.29) is 5.91 Å². The van der Waals surface area contributed by atoms with Crippen molar-refractivity contribution in [2.45, 2.75) is 13.3 Å². The van der Waals surface area contributed by atoms with Gasteiger partial charge in [0.1, 0.15) is 0 Å². The van der Waals surface area contributed by atoms with Crippen LogP contribution in [-0.4, -0.2) is 11.9 Å². The number of nitrogens with one attached hydrogen (secondary N) is 2. The summed E-state index contributed by atoms with van der Waals surface area (Å²) < 4.78 is 0. The summed E-state index contributed by atoms with van der Waals surface area (Å²) >= 11 is 0. The van der Waals surface area contributed by atoms with Gasteiger partial charge in [-0.3, -0.25) is 4.79 Å². The minimum atomic E-state index is -0.622. The summed E-state index contributed by atoms with van der Waals surface area (Å²) in [7, 11) is 0. The number of hydrogen-bond acceptors (Lipinski definition) is 2. The minimum Gasteiger partial charge on any atom is -0.351 e. The zero-order valence-electron chi connectivity index (χ0n) is 11.7. The number of amides is 3. The van der Waals surface area contributed by atoms with Crippen molar-refractivity contribution in [1.82, 2.24) is 0 Å². The van der Waals surface area contributed by atoms with E-state index >= 15 is 0 Å². The Morgan fingerprint density at radius 3 is 1.90 bits per heavy atom. The van der Waals surface area contributed by atoms with E-state index in [4.69, 9.17) is 5.73 Å². The first-order valence-corrected chi connectivity index (χ1v) is 6.65. The predicted octanol–water partition coefficient (Wildman–Crippen LogP) is 2.99. The Hall–Kier alpha value is -2.82. The maximum absolute atomic E-state index is 12.1. The fourth-order valence-corrected chi connectivity index (χ4v) is 1.87. The molecule has 0 fully saturated rings. The van der Waals surface area contributed by atoms with Crippen LogP contribution in [0.25, 0.3) is 0 Å². The lowest BCUT2D eigenvalue weighted by atomic mass is 10.1. The number of rotatable bonds is 4. The van der Waals surface area contributed by atoms with Gasteiger partial charge in [-0.15, -0.1) is 0 Å². The SMILES string of the molecule is CCc1ccc(C(=O)Nc2ccc(NC(N)=O)cc2)cc1. The normalized spacial score (nSPS) is 9.95. The van der Waals surface area contributed by atoms with Crippen molar-refractivity contribution in [2.24, 2.45) is 5.73 Å². The van der Waals surface area contributed by atoms with Gasteiger partial charge in [0.05, 0.1) is 0 Å². The van der Waals surface area contributed by atoms with Crippen LogP contribution in [0.2, 0.25) is 0 Å². The summed E-state index contributed by atoms with van der Waals surface area (Å²) in [4.78, 5) is 22.8. The molecule has 0 unspecified atom stereocenters. The van der Waals surface area contributed by atoms with Crippen LogP contribution in [0, 0.1) is 0 Å². The molecule has 5 heteroatoms. The molecule has 0 heterocycles. The maximum atomic E-state index is 12.1. The van der Waals surface area contributed by atoms with Crippen LogP contribution in [0.3, 0.4) is 0 Å². The quantitative estimate of drug-likeness (QED) is 0.805. The van der Waals surface area contributed by atoms with E-state index in [9.17, 15) is 9.59 Å². The largest absolute Gasteiger partial charge is 0.351 e. The highest BCUT2D eigenvalue weighted by Crippen LogP contribution is 2.15. The molecule has 5 nitrogen and oxygen atoms in total. The molecule has 2 aromatic carbocycles. The number of urea groups is 1. The molecule has 0 atom stereocenters. The maximum Gasteiger partial charge on any atom is 0.316 e. The number of carbonyl (C=O) groups is 2. The third kappa shape index (κ3) is 4.07. The standard InChI is InChI=1S/C16H17N3O2/c1-2-11-3-5-12(6-4-11)15(20)18-13-7-9-14(10-8-13)19-16(17)21/h3-10H,2H2,1H3,(H,18,20)(H3,17,19,21). The average Bonchev–Trinajstić information content (AvgIpc) is 2.49. The van der Waals surface area contributed by atoms with Crippen molar-refractivity contribution in [3.63, 3.8) is 0 Å². The Bertz CT molecular complexity index is 634. The van der Waals surface area contributed by atoms with Crippen LogP contribution >= 0.6 is 0 Å². The van der Waals surface area contributed by atoms with Crippen LogP contribution in [0.15, 0.2) is 48.5 Å². The Morgan fingerprint density at radius 1 is 0.905 bits per heavy atom. The van der Waals surface area contributed by atoms with Gasteiger partial charge in [-0.1, -0.05) is 19.1 Å². The lowest BCUT2D eigenvalue weighted by Gasteiger charge is -2.07. The molecule has 4 N–H and O–H groups in total. The van der Waals surface area contributed by atoms with Gasteiger partial charge in [0.2, 0.25) is 0 Å². The van der Waals surface area contributed by atoms with Crippen molar-refractivity contribution in [2.75, 3.05) is 10.6 Å². The number of anilines is 2. The fourth-order valence-electron chi connectivity index (χ4n) is 1.87. The molecule has 0 saturated carbocycles. The predicted molar refractivity (Wildman–Crippen MR) is 83.4 cm³/mol. The van der Waals surface area contributed by atoms with Crippen molar-refractivity contribution < 1.29 is 9.59 Å². The molecule has 2 aromatic rings. The number of benzene rings is 2. The zero-order chi connectivity index (χ0) is 15.2.